The van der Waals surface area contributed by atoms with Crippen molar-refractivity contribution in [2.24, 2.45) is 0 Å². The number of hydrogen-bond acceptors (Lipinski definition) is 4. The Bertz CT molecular complexity index is 618. The molecule has 1 unspecified atom stereocenters. The number of aliphatic hydroxyl groups excluding tert-OH is 1. The maximum Gasteiger partial charge on any atom is 0.416 e. The molecule has 0 saturated carbocycles. The lowest BCUT2D eigenvalue weighted by atomic mass is 10.1. The van der Waals surface area contributed by atoms with Crippen LogP contribution in [0.4, 0.5) is 13.2 Å². The zero-order chi connectivity index (χ0) is 16.3. The van der Waals surface area contributed by atoms with Crippen molar-refractivity contribution in [2.45, 2.75) is 19.2 Å². The average molecular weight is 332 g/mol. The van der Waals surface area contributed by atoms with Crippen molar-refractivity contribution in [1.82, 2.24) is 0 Å². The molecule has 0 bridgehead atoms. The van der Waals surface area contributed by atoms with Gasteiger partial charge in [0.1, 0.15) is 5.75 Å². The van der Waals surface area contributed by atoms with E-state index in [2.05, 4.69) is 0 Å². The molecular weight excluding hydrogens is 317 g/mol. The fourth-order valence-electron chi connectivity index (χ4n) is 1.93. The highest BCUT2D eigenvalue weighted by atomic mass is 32.1. The van der Waals surface area contributed by atoms with Gasteiger partial charge in [-0.1, -0.05) is 12.1 Å². The number of hydrogen-bond donors (Lipinski definition) is 1. The molecule has 0 amide bonds. The summed E-state index contributed by atoms with van der Waals surface area (Å²) in [5, 5.41) is 11.5. The number of alkyl halides is 3. The molecule has 0 aliphatic heterocycles. The molecule has 2 aromatic rings. The Balaban J connectivity index is 2.39. The molecule has 1 aromatic carbocycles. The first-order chi connectivity index (χ1) is 10.3. The molecule has 0 aliphatic rings. The van der Waals surface area contributed by atoms with Gasteiger partial charge in [-0.3, -0.25) is 0 Å². The normalized spacial score (nSPS) is 13.2. The second-order valence-electron chi connectivity index (χ2n) is 4.65. The molecule has 22 heavy (non-hydrogen) atoms. The van der Waals surface area contributed by atoms with Crippen molar-refractivity contribution >= 4 is 11.3 Å². The summed E-state index contributed by atoms with van der Waals surface area (Å²) in [5.74, 6) is 0.432. The standard InChI is InChI=1S/C15H15F3O3S/c1-9(19)12-7-22-14(13(12)21-8-20-2)10-3-5-11(6-4-10)15(16,17)18/h3-7,9,19H,8H2,1-2H3. The first kappa shape index (κ1) is 16.8. The number of aliphatic hydroxyl groups is 1. The summed E-state index contributed by atoms with van der Waals surface area (Å²) in [6, 6.07) is 4.83. The van der Waals surface area contributed by atoms with Crippen LogP contribution in [0.3, 0.4) is 0 Å². The molecule has 0 saturated heterocycles. The van der Waals surface area contributed by atoms with Crippen LogP contribution < -0.4 is 4.74 Å². The highest BCUT2D eigenvalue weighted by Crippen LogP contribution is 2.42. The number of ether oxygens (including phenoxy) is 2. The van der Waals surface area contributed by atoms with Gasteiger partial charge in [-0.05, 0) is 24.6 Å². The molecule has 0 radical (unpaired) electrons. The smallest absolute Gasteiger partial charge is 0.416 e. The van der Waals surface area contributed by atoms with Crippen LogP contribution >= 0.6 is 11.3 Å². The topological polar surface area (TPSA) is 38.7 Å². The molecule has 2 rings (SSSR count). The van der Waals surface area contributed by atoms with Crippen LogP contribution in [-0.4, -0.2) is 19.0 Å². The van der Waals surface area contributed by atoms with Crippen LogP contribution in [0.2, 0.25) is 0 Å². The minimum atomic E-state index is -4.37. The number of methoxy groups -OCH3 is 1. The van der Waals surface area contributed by atoms with Gasteiger partial charge in [0, 0.05) is 18.1 Å². The molecule has 0 aliphatic carbocycles. The van der Waals surface area contributed by atoms with Crippen LogP contribution in [0.5, 0.6) is 5.75 Å². The van der Waals surface area contributed by atoms with Crippen molar-refractivity contribution in [2.75, 3.05) is 13.9 Å². The Kier molecular flexibility index (Phi) is 5.10. The third kappa shape index (κ3) is 3.60. The Labute approximate surface area is 129 Å². The lowest BCUT2D eigenvalue weighted by molar-refractivity contribution is -0.137. The summed E-state index contributed by atoms with van der Waals surface area (Å²) in [6.45, 7) is 1.59. The minimum Gasteiger partial charge on any atom is -0.466 e. The second-order valence-corrected chi connectivity index (χ2v) is 5.53. The maximum absolute atomic E-state index is 12.6. The van der Waals surface area contributed by atoms with Crippen molar-refractivity contribution < 1.29 is 27.8 Å². The fourth-order valence-corrected chi connectivity index (χ4v) is 3.03. The third-order valence-electron chi connectivity index (χ3n) is 3.02. The van der Waals surface area contributed by atoms with Crippen molar-refractivity contribution in [3.05, 3.63) is 40.8 Å². The first-order valence-electron chi connectivity index (χ1n) is 6.43. The van der Waals surface area contributed by atoms with Crippen LogP contribution in [0, 0.1) is 0 Å². The molecule has 1 N–H and O–H groups in total. The van der Waals surface area contributed by atoms with E-state index in [1.54, 1.807) is 12.3 Å². The monoisotopic (exact) mass is 332 g/mol. The number of halogens is 3. The van der Waals surface area contributed by atoms with E-state index in [1.165, 1.54) is 30.6 Å². The lowest BCUT2D eigenvalue weighted by Crippen LogP contribution is -2.04. The SMILES string of the molecule is COCOc1c(C(C)O)csc1-c1ccc(C(F)(F)F)cc1. The van der Waals surface area contributed by atoms with Crippen LogP contribution in [0.1, 0.15) is 24.2 Å². The van der Waals surface area contributed by atoms with E-state index in [4.69, 9.17) is 9.47 Å². The summed E-state index contributed by atoms with van der Waals surface area (Å²) in [4.78, 5) is 0.654. The van der Waals surface area contributed by atoms with Gasteiger partial charge in [0.15, 0.2) is 6.79 Å². The van der Waals surface area contributed by atoms with Crippen LogP contribution in [-0.2, 0) is 10.9 Å². The van der Waals surface area contributed by atoms with Gasteiger partial charge in [0.05, 0.1) is 16.5 Å². The van der Waals surface area contributed by atoms with Gasteiger partial charge < -0.3 is 14.6 Å². The largest absolute Gasteiger partial charge is 0.466 e. The molecule has 0 fully saturated rings. The first-order valence-corrected chi connectivity index (χ1v) is 7.31. The number of benzene rings is 1. The van der Waals surface area contributed by atoms with Gasteiger partial charge in [0.25, 0.3) is 0 Å². The zero-order valence-corrected chi connectivity index (χ0v) is 12.8. The number of rotatable bonds is 5. The van der Waals surface area contributed by atoms with Gasteiger partial charge in [-0.2, -0.15) is 13.2 Å². The molecule has 1 heterocycles. The van der Waals surface area contributed by atoms with E-state index in [1.807, 2.05) is 0 Å². The van der Waals surface area contributed by atoms with E-state index in [0.29, 0.717) is 21.8 Å². The van der Waals surface area contributed by atoms with Gasteiger partial charge in [0.2, 0.25) is 0 Å². The van der Waals surface area contributed by atoms with E-state index in [9.17, 15) is 18.3 Å². The summed E-state index contributed by atoms with van der Waals surface area (Å²) in [7, 11) is 1.46. The molecule has 1 aromatic heterocycles. The predicted molar refractivity (Wildman–Crippen MR) is 77.9 cm³/mol. The van der Waals surface area contributed by atoms with E-state index >= 15 is 0 Å². The highest BCUT2D eigenvalue weighted by Gasteiger charge is 2.30. The quantitative estimate of drug-likeness (QED) is 0.821. The Hall–Kier alpha value is -1.57. The molecule has 120 valence electrons. The van der Waals surface area contributed by atoms with E-state index < -0.39 is 17.8 Å². The molecular formula is C15H15F3O3S. The van der Waals surface area contributed by atoms with E-state index in [-0.39, 0.29) is 6.79 Å². The van der Waals surface area contributed by atoms with Crippen molar-refractivity contribution in [1.29, 1.82) is 0 Å². The van der Waals surface area contributed by atoms with Gasteiger partial charge >= 0.3 is 6.18 Å². The summed E-state index contributed by atoms with van der Waals surface area (Å²) in [5.41, 5.74) is 0.468. The maximum atomic E-state index is 12.6. The highest BCUT2D eigenvalue weighted by molar-refractivity contribution is 7.14. The van der Waals surface area contributed by atoms with Crippen LogP contribution in [0.15, 0.2) is 29.6 Å². The van der Waals surface area contributed by atoms with Crippen molar-refractivity contribution in [3.8, 4) is 16.2 Å². The Morgan fingerprint density at radius 1 is 1.23 bits per heavy atom. The summed E-state index contributed by atoms with van der Waals surface area (Å²) in [6.07, 6.45) is -5.11. The molecule has 7 heteroatoms. The zero-order valence-electron chi connectivity index (χ0n) is 12.0. The third-order valence-corrected chi connectivity index (χ3v) is 4.05. The molecule has 3 nitrogen and oxygen atoms in total. The van der Waals surface area contributed by atoms with E-state index in [0.717, 1.165) is 12.1 Å². The average Bonchev–Trinajstić information content (AvgIpc) is 2.88. The predicted octanol–water partition coefficient (Wildman–Crippen LogP) is 4.47. The van der Waals surface area contributed by atoms with Crippen LogP contribution in [0.25, 0.3) is 10.4 Å². The Morgan fingerprint density at radius 3 is 2.36 bits per heavy atom. The fraction of sp³-hybridized carbons (Fsp3) is 0.333. The number of thiophene rings is 1. The molecule has 0 spiro atoms. The summed E-state index contributed by atoms with van der Waals surface area (Å²) < 4.78 is 48.2. The second kappa shape index (κ2) is 6.68. The lowest BCUT2D eigenvalue weighted by Gasteiger charge is -2.12. The molecule has 1 atom stereocenters. The minimum absolute atomic E-state index is 0.00983. The van der Waals surface area contributed by atoms with Crippen molar-refractivity contribution in [3.63, 3.8) is 0 Å². The van der Waals surface area contributed by atoms with Gasteiger partial charge in [-0.15, -0.1) is 11.3 Å². The Morgan fingerprint density at radius 2 is 1.86 bits per heavy atom. The van der Waals surface area contributed by atoms with Gasteiger partial charge in [-0.25, -0.2) is 0 Å². The summed E-state index contributed by atoms with van der Waals surface area (Å²) >= 11 is 1.30.